The fraction of sp³-hybridized carbons (Fsp3) is 0.941. The van der Waals surface area contributed by atoms with Gasteiger partial charge in [-0.3, -0.25) is 14.4 Å². The van der Waals surface area contributed by atoms with E-state index in [1.807, 2.05) is 0 Å². The van der Waals surface area contributed by atoms with Gasteiger partial charge in [0.15, 0.2) is 6.10 Å². The molecule has 0 rings (SSSR count). The second kappa shape index (κ2) is 44.0. The number of rotatable bonds is 45. The number of ether oxygens (including phenoxy) is 3. The molecule has 6 heteroatoms. The largest absolute Gasteiger partial charge is 0.462 e. The van der Waals surface area contributed by atoms with Gasteiger partial charge < -0.3 is 14.2 Å². The molecule has 0 aliphatic carbocycles. The summed E-state index contributed by atoms with van der Waals surface area (Å²) in [6, 6.07) is 0. The van der Waals surface area contributed by atoms with Crippen molar-refractivity contribution in [1.82, 2.24) is 0 Å². The first kappa shape index (κ1) is 55.4. The van der Waals surface area contributed by atoms with Gasteiger partial charge in [-0.2, -0.15) is 0 Å². The third-order valence-corrected chi connectivity index (χ3v) is 11.5. The zero-order valence-corrected chi connectivity index (χ0v) is 39.0. The van der Waals surface area contributed by atoms with E-state index in [1.54, 1.807) is 0 Å². The van der Waals surface area contributed by atoms with Crippen LogP contribution in [0.1, 0.15) is 279 Å². The summed E-state index contributed by atoms with van der Waals surface area (Å²) < 4.78 is 16.8. The quantitative estimate of drug-likeness (QED) is 0.0346. The van der Waals surface area contributed by atoms with E-state index in [0.717, 1.165) is 69.6 Å². The first-order chi connectivity index (χ1) is 27.7. The van der Waals surface area contributed by atoms with E-state index in [0.29, 0.717) is 19.3 Å². The topological polar surface area (TPSA) is 78.9 Å². The lowest BCUT2D eigenvalue weighted by atomic mass is 10.0. The number of hydrogen-bond acceptors (Lipinski definition) is 6. The van der Waals surface area contributed by atoms with Crippen molar-refractivity contribution >= 4 is 17.9 Å². The Morgan fingerprint density at radius 2 is 0.579 bits per heavy atom. The summed E-state index contributed by atoms with van der Waals surface area (Å²) in [6.45, 7) is 11.3. The van der Waals surface area contributed by atoms with Gasteiger partial charge in [-0.05, 0) is 31.1 Å². The standard InChI is InChI=1S/C51H98O6/c1-6-7-8-9-10-11-20-26-31-36-41-49(52)55-44-48(45-56-50(53)42-37-32-27-23-22-25-30-35-40-47(4)5)57-51(54)43-38-33-28-21-18-16-14-12-13-15-17-19-24-29-34-39-46(2)3/h46-48H,6-45H2,1-5H3/t48-/m1/s1. The van der Waals surface area contributed by atoms with Crippen molar-refractivity contribution in [3.8, 4) is 0 Å². The van der Waals surface area contributed by atoms with Crippen LogP contribution in [0.25, 0.3) is 0 Å². The zero-order chi connectivity index (χ0) is 41.9. The van der Waals surface area contributed by atoms with Crippen LogP contribution in [0.5, 0.6) is 0 Å². The van der Waals surface area contributed by atoms with Gasteiger partial charge in [-0.25, -0.2) is 0 Å². The van der Waals surface area contributed by atoms with Gasteiger partial charge in [0.2, 0.25) is 0 Å². The molecular weight excluding hydrogens is 709 g/mol. The smallest absolute Gasteiger partial charge is 0.306 e. The Balaban J connectivity index is 4.26. The Kier molecular flexibility index (Phi) is 42.7. The predicted molar refractivity (Wildman–Crippen MR) is 243 cm³/mol. The lowest BCUT2D eigenvalue weighted by molar-refractivity contribution is -0.167. The summed E-state index contributed by atoms with van der Waals surface area (Å²) in [6.07, 6.45) is 43.8. The Morgan fingerprint density at radius 1 is 0.333 bits per heavy atom. The van der Waals surface area contributed by atoms with Crippen LogP contribution < -0.4 is 0 Å². The minimum atomic E-state index is -0.761. The minimum absolute atomic E-state index is 0.0643. The van der Waals surface area contributed by atoms with Crippen LogP contribution in [-0.2, 0) is 28.6 Å². The van der Waals surface area contributed by atoms with Gasteiger partial charge in [0.25, 0.3) is 0 Å². The summed E-state index contributed by atoms with van der Waals surface area (Å²) in [5, 5.41) is 0. The number of esters is 3. The van der Waals surface area contributed by atoms with E-state index in [4.69, 9.17) is 14.2 Å². The molecule has 338 valence electrons. The molecule has 0 aromatic carbocycles. The van der Waals surface area contributed by atoms with Crippen LogP contribution in [-0.4, -0.2) is 37.2 Å². The van der Waals surface area contributed by atoms with Crippen molar-refractivity contribution in [2.45, 2.75) is 285 Å². The lowest BCUT2D eigenvalue weighted by Crippen LogP contribution is -2.30. The summed E-state index contributed by atoms with van der Waals surface area (Å²) in [5.74, 6) is 0.792. The summed E-state index contributed by atoms with van der Waals surface area (Å²) in [4.78, 5) is 37.8. The average molecular weight is 807 g/mol. The third kappa shape index (κ3) is 45.3. The highest BCUT2D eigenvalue weighted by atomic mass is 16.6. The van der Waals surface area contributed by atoms with Gasteiger partial charge in [0, 0.05) is 19.3 Å². The molecule has 0 aromatic heterocycles. The van der Waals surface area contributed by atoms with E-state index in [2.05, 4.69) is 34.6 Å². The van der Waals surface area contributed by atoms with Crippen molar-refractivity contribution in [1.29, 1.82) is 0 Å². The molecule has 57 heavy (non-hydrogen) atoms. The van der Waals surface area contributed by atoms with Gasteiger partial charge in [-0.15, -0.1) is 0 Å². The van der Waals surface area contributed by atoms with Crippen LogP contribution in [0.15, 0.2) is 0 Å². The lowest BCUT2D eigenvalue weighted by Gasteiger charge is -2.18. The second-order valence-corrected chi connectivity index (χ2v) is 18.4. The summed E-state index contributed by atoms with van der Waals surface area (Å²) in [7, 11) is 0. The third-order valence-electron chi connectivity index (χ3n) is 11.5. The maximum atomic E-state index is 12.8. The normalized spacial score (nSPS) is 12.1. The van der Waals surface area contributed by atoms with Gasteiger partial charge in [0.05, 0.1) is 0 Å². The summed E-state index contributed by atoms with van der Waals surface area (Å²) >= 11 is 0. The predicted octanol–water partition coefficient (Wildman–Crippen LogP) is 16.1. The van der Waals surface area contributed by atoms with Crippen LogP contribution in [0.4, 0.5) is 0 Å². The SMILES string of the molecule is CCCCCCCCCCCCC(=O)OC[C@H](COC(=O)CCCCCCCCCCC(C)C)OC(=O)CCCCCCCCCCCCCCCCCC(C)C. The fourth-order valence-corrected chi connectivity index (χ4v) is 7.64. The Morgan fingerprint density at radius 3 is 0.860 bits per heavy atom. The molecule has 0 N–H and O–H groups in total. The first-order valence-electron chi connectivity index (χ1n) is 25.2. The molecule has 0 fully saturated rings. The zero-order valence-electron chi connectivity index (χ0n) is 39.0. The molecule has 0 spiro atoms. The molecule has 0 saturated carbocycles. The van der Waals surface area contributed by atoms with E-state index in [1.165, 1.54) is 167 Å². The van der Waals surface area contributed by atoms with Gasteiger partial charge >= 0.3 is 17.9 Å². The van der Waals surface area contributed by atoms with E-state index in [9.17, 15) is 14.4 Å². The van der Waals surface area contributed by atoms with Crippen molar-refractivity contribution in [2.75, 3.05) is 13.2 Å². The molecule has 0 aliphatic heterocycles. The molecule has 0 unspecified atom stereocenters. The van der Waals surface area contributed by atoms with E-state index >= 15 is 0 Å². The monoisotopic (exact) mass is 807 g/mol. The molecule has 1 atom stereocenters. The maximum Gasteiger partial charge on any atom is 0.306 e. The highest BCUT2D eigenvalue weighted by molar-refractivity contribution is 5.71. The molecule has 0 aliphatic rings. The van der Waals surface area contributed by atoms with Crippen LogP contribution >= 0.6 is 0 Å². The number of hydrogen-bond donors (Lipinski definition) is 0. The molecule has 0 radical (unpaired) electrons. The van der Waals surface area contributed by atoms with Gasteiger partial charge in [-0.1, -0.05) is 240 Å². The number of unbranched alkanes of at least 4 members (excludes halogenated alkanes) is 30. The summed E-state index contributed by atoms with van der Waals surface area (Å²) in [5.41, 5.74) is 0. The highest BCUT2D eigenvalue weighted by Gasteiger charge is 2.19. The maximum absolute atomic E-state index is 12.8. The Hall–Kier alpha value is -1.59. The average Bonchev–Trinajstić information content (AvgIpc) is 3.18. The minimum Gasteiger partial charge on any atom is -0.462 e. The number of carbonyl (C=O) groups is 3. The molecule has 0 amide bonds. The van der Waals surface area contributed by atoms with E-state index in [-0.39, 0.29) is 31.1 Å². The second-order valence-electron chi connectivity index (χ2n) is 18.4. The fourth-order valence-electron chi connectivity index (χ4n) is 7.64. The Bertz CT molecular complexity index is 870. The van der Waals surface area contributed by atoms with Crippen molar-refractivity contribution < 1.29 is 28.6 Å². The van der Waals surface area contributed by atoms with Crippen molar-refractivity contribution in [3.05, 3.63) is 0 Å². The Labute approximate surface area is 355 Å². The molecule has 0 bridgehead atoms. The molecule has 0 saturated heterocycles. The van der Waals surface area contributed by atoms with Crippen LogP contribution in [0, 0.1) is 11.8 Å². The molecule has 0 heterocycles. The van der Waals surface area contributed by atoms with Crippen molar-refractivity contribution in [3.63, 3.8) is 0 Å². The molecule has 6 nitrogen and oxygen atoms in total. The van der Waals surface area contributed by atoms with E-state index < -0.39 is 6.10 Å². The van der Waals surface area contributed by atoms with Crippen LogP contribution in [0.3, 0.4) is 0 Å². The van der Waals surface area contributed by atoms with Crippen molar-refractivity contribution in [2.24, 2.45) is 11.8 Å². The molecular formula is C51H98O6. The van der Waals surface area contributed by atoms with Crippen LogP contribution in [0.2, 0.25) is 0 Å². The number of carbonyl (C=O) groups excluding carboxylic acids is 3. The highest BCUT2D eigenvalue weighted by Crippen LogP contribution is 2.17. The first-order valence-corrected chi connectivity index (χ1v) is 25.2. The van der Waals surface area contributed by atoms with Gasteiger partial charge in [0.1, 0.15) is 13.2 Å². The molecule has 0 aromatic rings.